The SMILES string of the molecule is CN(C)C(CNC(=O)c1ccc(Br)cc1F)c1cccc(F)c1. The summed E-state index contributed by atoms with van der Waals surface area (Å²) in [6.45, 7) is 0.241. The Morgan fingerprint density at radius 1 is 1.22 bits per heavy atom. The fourth-order valence-electron chi connectivity index (χ4n) is 2.27. The van der Waals surface area contributed by atoms with Crippen LogP contribution >= 0.6 is 15.9 Å². The molecular weight excluding hydrogens is 366 g/mol. The monoisotopic (exact) mass is 382 g/mol. The predicted molar refractivity (Wildman–Crippen MR) is 89.3 cm³/mol. The Kier molecular flexibility index (Phi) is 5.85. The molecule has 0 heterocycles. The Morgan fingerprint density at radius 2 is 1.96 bits per heavy atom. The Balaban J connectivity index is 2.11. The van der Waals surface area contributed by atoms with E-state index >= 15 is 0 Å². The molecule has 0 aromatic heterocycles. The van der Waals surface area contributed by atoms with Crippen molar-refractivity contribution in [3.63, 3.8) is 0 Å². The predicted octanol–water partition coefficient (Wildman–Crippen LogP) is 3.76. The number of amides is 1. The molecule has 1 amide bonds. The summed E-state index contributed by atoms with van der Waals surface area (Å²) < 4.78 is 27.8. The summed E-state index contributed by atoms with van der Waals surface area (Å²) in [5, 5.41) is 2.70. The summed E-state index contributed by atoms with van der Waals surface area (Å²) in [7, 11) is 3.67. The maximum atomic E-state index is 13.8. The third kappa shape index (κ3) is 4.59. The number of carbonyl (C=O) groups excluding carboxylic acids is 1. The maximum absolute atomic E-state index is 13.8. The number of halogens is 3. The van der Waals surface area contributed by atoms with E-state index in [0.29, 0.717) is 4.47 Å². The highest BCUT2D eigenvalue weighted by molar-refractivity contribution is 9.10. The van der Waals surface area contributed by atoms with E-state index in [1.807, 2.05) is 19.0 Å². The quantitative estimate of drug-likeness (QED) is 0.853. The van der Waals surface area contributed by atoms with Gasteiger partial charge in [-0.3, -0.25) is 4.79 Å². The van der Waals surface area contributed by atoms with Crippen LogP contribution in [0.2, 0.25) is 0 Å². The summed E-state index contributed by atoms with van der Waals surface area (Å²) in [6.07, 6.45) is 0. The topological polar surface area (TPSA) is 32.3 Å². The zero-order valence-corrected chi connectivity index (χ0v) is 14.4. The highest BCUT2D eigenvalue weighted by Gasteiger charge is 2.18. The summed E-state index contributed by atoms with van der Waals surface area (Å²) in [5.74, 6) is -1.43. The lowest BCUT2D eigenvalue weighted by Gasteiger charge is -2.25. The zero-order chi connectivity index (χ0) is 17.0. The van der Waals surface area contributed by atoms with E-state index in [2.05, 4.69) is 21.2 Å². The van der Waals surface area contributed by atoms with Crippen molar-refractivity contribution in [2.24, 2.45) is 0 Å². The molecule has 0 saturated heterocycles. The van der Waals surface area contributed by atoms with Crippen molar-refractivity contribution in [1.29, 1.82) is 0 Å². The van der Waals surface area contributed by atoms with Gasteiger partial charge in [0.2, 0.25) is 0 Å². The van der Waals surface area contributed by atoms with Crippen LogP contribution in [0.25, 0.3) is 0 Å². The molecule has 0 bridgehead atoms. The molecule has 0 aliphatic carbocycles. The number of carbonyl (C=O) groups is 1. The van der Waals surface area contributed by atoms with E-state index in [9.17, 15) is 13.6 Å². The minimum Gasteiger partial charge on any atom is -0.350 e. The highest BCUT2D eigenvalue weighted by Crippen LogP contribution is 2.19. The molecule has 0 aliphatic rings. The van der Waals surface area contributed by atoms with Crippen LogP contribution in [-0.4, -0.2) is 31.4 Å². The first-order valence-corrected chi connectivity index (χ1v) is 7.83. The van der Waals surface area contributed by atoms with Gasteiger partial charge in [-0.25, -0.2) is 8.78 Å². The van der Waals surface area contributed by atoms with Crippen LogP contribution in [0.1, 0.15) is 22.0 Å². The lowest BCUT2D eigenvalue weighted by Crippen LogP contribution is -2.35. The minimum atomic E-state index is -0.593. The summed E-state index contributed by atoms with van der Waals surface area (Å²) >= 11 is 3.15. The van der Waals surface area contributed by atoms with Gasteiger partial charge in [0.15, 0.2) is 0 Å². The Morgan fingerprint density at radius 3 is 2.57 bits per heavy atom. The molecular formula is C17H17BrF2N2O. The third-order valence-corrected chi connectivity index (χ3v) is 3.98. The van der Waals surface area contributed by atoms with Crippen LogP contribution in [0.5, 0.6) is 0 Å². The van der Waals surface area contributed by atoms with Crippen molar-refractivity contribution in [3.8, 4) is 0 Å². The molecule has 3 nitrogen and oxygen atoms in total. The number of benzene rings is 2. The van der Waals surface area contributed by atoms with Gasteiger partial charge >= 0.3 is 0 Å². The number of hydrogen-bond donors (Lipinski definition) is 1. The zero-order valence-electron chi connectivity index (χ0n) is 12.8. The van der Waals surface area contributed by atoms with Crippen molar-refractivity contribution in [3.05, 3.63) is 69.7 Å². The van der Waals surface area contributed by atoms with Crippen LogP contribution in [0.15, 0.2) is 46.9 Å². The largest absolute Gasteiger partial charge is 0.350 e. The molecule has 0 fully saturated rings. The molecule has 1 unspecified atom stereocenters. The van der Waals surface area contributed by atoms with Gasteiger partial charge in [-0.05, 0) is 50.0 Å². The number of nitrogens with zero attached hydrogens (tertiary/aromatic N) is 1. The van der Waals surface area contributed by atoms with Gasteiger partial charge in [-0.2, -0.15) is 0 Å². The first-order valence-electron chi connectivity index (χ1n) is 7.03. The standard InChI is InChI=1S/C17H17BrF2N2O/c1-22(2)16(11-4-3-5-13(19)8-11)10-21-17(23)14-7-6-12(18)9-15(14)20/h3-9,16H,10H2,1-2H3,(H,21,23). The molecule has 0 spiro atoms. The number of nitrogens with one attached hydrogen (secondary N) is 1. The van der Waals surface area contributed by atoms with Crippen molar-refractivity contribution < 1.29 is 13.6 Å². The molecule has 0 saturated carbocycles. The highest BCUT2D eigenvalue weighted by atomic mass is 79.9. The lowest BCUT2D eigenvalue weighted by atomic mass is 10.1. The first kappa shape index (κ1) is 17.6. The van der Waals surface area contributed by atoms with Gasteiger partial charge in [-0.1, -0.05) is 28.1 Å². The molecule has 6 heteroatoms. The van der Waals surface area contributed by atoms with Gasteiger partial charge in [0.05, 0.1) is 11.6 Å². The van der Waals surface area contributed by atoms with Crippen molar-refractivity contribution in [1.82, 2.24) is 10.2 Å². The van der Waals surface area contributed by atoms with E-state index in [1.165, 1.54) is 24.3 Å². The molecule has 1 atom stereocenters. The van der Waals surface area contributed by atoms with Gasteiger partial charge in [-0.15, -0.1) is 0 Å². The fourth-order valence-corrected chi connectivity index (χ4v) is 2.60. The molecule has 2 aromatic carbocycles. The van der Waals surface area contributed by atoms with Gasteiger partial charge < -0.3 is 10.2 Å². The average molecular weight is 383 g/mol. The van der Waals surface area contributed by atoms with Crippen molar-refractivity contribution in [2.45, 2.75) is 6.04 Å². The molecule has 23 heavy (non-hydrogen) atoms. The van der Waals surface area contributed by atoms with Gasteiger partial charge in [0, 0.05) is 11.0 Å². The van der Waals surface area contributed by atoms with Gasteiger partial charge in [0.1, 0.15) is 11.6 Å². The van der Waals surface area contributed by atoms with Crippen LogP contribution in [0.3, 0.4) is 0 Å². The van der Waals surface area contributed by atoms with E-state index in [-0.39, 0.29) is 24.0 Å². The Labute approximate surface area is 142 Å². The number of hydrogen-bond acceptors (Lipinski definition) is 2. The van der Waals surface area contributed by atoms with Crippen LogP contribution in [0, 0.1) is 11.6 Å². The molecule has 122 valence electrons. The summed E-state index contributed by atoms with van der Waals surface area (Å²) in [6, 6.07) is 10.3. The molecule has 0 aliphatic heterocycles. The maximum Gasteiger partial charge on any atom is 0.254 e. The van der Waals surface area contributed by atoms with Gasteiger partial charge in [0.25, 0.3) is 5.91 Å². The van der Waals surface area contributed by atoms with E-state index in [1.54, 1.807) is 18.2 Å². The number of likely N-dealkylation sites (N-methyl/N-ethyl adjacent to an activating group) is 1. The summed E-state index contributed by atoms with van der Waals surface area (Å²) in [5.41, 5.74) is 0.719. The second-order valence-corrected chi connectivity index (χ2v) is 6.28. The van der Waals surface area contributed by atoms with E-state index in [0.717, 1.165) is 5.56 Å². The first-order chi connectivity index (χ1) is 10.9. The van der Waals surface area contributed by atoms with E-state index in [4.69, 9.17) is 0 Å². The second-order valence-electron chi connectivity index (χ2n) is 5.37. The van der Waals surface area contributed by atoms with Crippen molar-refractivity contribution in [2.75, 3.05) is 20.6 Å². The van der Waals surface area contributed by atoms with Crippen LogP contribution in [-0.2, 0) is 0 Å². The molecule has 0 radical (unpaired) electrons. The summed E-state index contributed by atoms with van der Waals surface area (Å²) in [4.78, 5) is 14.0. The van der Waals surface area contributed by atoms with Crippen LogP contribution < -0.4 is 5.32 Å². The Bertz CT molecular complexity index is 707. The molecule has 1 N–H and O–H groups in total. The normalized spacial score (nSPS) is 12.3. The smallest absolute Gasteiger partial charge is 0.254 e. The molecule has 2 aromatic rings. The third-order valence-electron chi connectivity index (χ3n) is 3.49. The average Bonchev–Trinajstić information content (AvgIpc) is 2.47. The Hall–Kier alpha value is -1.79. The minimum absolute atomic E-state index is 0.0232. The van der Waals surface area contributed by atoms with Crippen molar-refractivity contribution >= 4 is 21.8 Å². The lowest BCUT2D eigenvalue weighted by molar-refractivity contribution is 0.0938. The fraction of sp³-hybridized carbons (Fsp3) is 0.235. The molecule has 2 rings (SSSR count). The van der Waals surface area contributed by atoms with E-state index < -0.39 is 11.7 Å². The van der Waals surface area contributed by atoms with Crippen LogP contribution in [0.4, 0.5) is 8.78 Å². The second kappa shape index (κ2) is 7.66. The number of rotatable bonds is 5.